The van der Waals surface area contributed by atoms with Gasteiger partial charge >= 0.3 is 7.60 Å². The summed E-state index contributed by atoms with van der Waals surface area (Å²) in [4.78, 5) is 0. The number of rotatable bonds is 6. The lowest BCUT2D eigenvalue weighted by molar-refractivity contribution is 0.141. The van der Waals surface area contributed by atoms with Crippen LogP contribution in [0.5, 0.6) is 0 Å². The predicted octanol–water partition coefficient (Wildman–Crippen LogP) is 5.74. The van der Waals surface area contributed by atoms with Crippen LogP contribution in [-0.4, -0.2) is 17.9 Å². The molecule has 3 rings (SSSR count). The zero-order valence-electron chi connectivity index (χ0n) is 14.2. The highest BCUT2D eigenvalue weighted by Gasteiger charge is 2.54. The van der Waals surface area contributed by atoms with Crippen molar-refractivity contribution in [1.29, 1.82) is 0 Å². The van der Waals surface area contributed by atoms with Crippen molar-refractivity contribution in [3.63, 3.8) is 0 Å². The molecule has 0 bridgehead atoms. The number of hydrogen-bond donors (Lipinski definition) is 0. The van der Waals surface area contributed by atoms with E-state index in [9.17, 15) is 4.57 Å². The van der Waals surface area contributed by atoms with Crippen LogP contribution >= 0.6 is 7.60 Å². The fourth-order valence-corrected chi connectivity index (χ4v) is 5.73. The maximum atomic E-state index is 13.2. The maximum Gasteiger partial charge on any atom is 0.334 e. The first-order chi connectivity index (χ1) is 10.9. The Morgan fingerprint density at radius 3 is 2.17 bits per heavy atom. The van der Waals surface area contributed by atoms with Crippen LogP contribution in [0.15, 0.2) is 42.5 Å². The normalized spacial score (nSPS) is 21.3. The largest absolute Gasteiger partial charge is 0.334 e. The average Bonchev–Trinajstić information content (AvgIpc) is 3.26. The highest BCUT2D eigenvalue weighted by molar-refractivity contribution is 7.55. The molecule has 4 heteroatoms. The van der Waals surface area contributed by atoms with Gasteiger partial charge in [0, 0.05) is 0 Å². The van der Waals surface area contributed by atoms with Gasteiger partial charge in [0.15, 0.2) is 0 Å². The third-order valence-electron chi connectivity index (χ3n) is 4.08. The predicted molar refractivity (Wildman–Crippen MR) is 95.1 cm³/mol. The first-order valence-corrected chi connectivity index (χ1v) is 9.95. The quantitative estimate of drug-likeness (QED) is 0.633. The third-order valence-corrected chi connectivity index (χ3v) is 6.89. The lowest BCUT2D eigenvalue weighted by Crippen LogP contribution is -2.11. The second-order valence-corrected chi connectivity index (χ2v) is 9.03. The van der Waals surface area contributed by atoms with Gasteiger partial charge in [-0.15, -0.1) is 0 Å². The van der Waals surface area contributed by atoms with E-state index < -0.39 is 7.60 Å². The maximum absolute atomic E-state index is 13.2. The Hall–Kier alpha value is -1.15. The van der Waals surface area contributed by atoms with Crippen molar-refractivity contribution in [2.75, 3.05) is 0 Å². The van der Waals surface area contributed by atoms with Gasteiger partial charge in [-0.25, -0.2) is 0 Å². The van der Waals surface area contributed by atoms with Crippen LogP contribution in [0.4, 0.5) is 0 Å². The van der Waals surface area contributed by atoms with Crippen molar-refractivity contribution < 1.29 is 13.6 Å². The molecule has 0 saturated heterocycles. The Morgan fingerprint density at radius 2 is 1.57 bits per heavy atom. The van der Waals surface area contributed by atoms with Crippen molar-refractivity contribution in [3.8, 4) is 0 Å². The molecule has 1 fully saturated rings. The van der Waals surface area contributed by atoms with E-state index in [-0.39, 0.29) is 23.8 Å². The molecule has 0 aromatic heterocycles. The van der Waals surface area contributed by atoms with Crippen LogP contribution in [0.2, 0.25) is 0 Å². The number of benzene rings is 2. The highest BCUT2D eigenvalue weighted by Crippen LogP contribution is 2.69. The molecule has 23 heavy (non-hydrogen) atoms. The van der Waals surface area contributed by atoms with Crippen LogP contribution in [0, 0.1) is 0 Å². The number of fused-ring (bicyclic) bond motifs is 1. The minimum absolute atomic E-state index is 0.0199. The van der Waals surface area contributed by atoms with Gasteiger partial charge in [0.2, 0.25) is 0 Å². The number of hydrogen-bond acceptors (Lipinski definition) is 3. The monoisotopic (exact) mass is 332 g/mol. The molecule has 0 unspecified atom stereocenters. The molecule has 0 radical (unpaired) electrons. The minimum Gasteiger partial charge on any atom is -0.306 e. The Morgan fingerprint density at radius 1 is 0.957 bits per heavy atom. The molecule has 0 amide bonds. The molecule has 124 valence electrons. The molecule has 1 aliphatic rings. The van der Waals surface area contributed by atoms with Crippen molar-refractivity contribution in [3.05, 3.63) is 48.0 Å². The molecule has 2 atom stereocenters. The Balaban J connectivity index is 1.83. The molecule has 2 aromatic rings. The van der Waals surface area contributed by atoms with E-state index in [0.717, 1.165) is 6.42 Å². The van der Waals surface area contributed by atoms with Crippen LogP contribution in [-0.2, 0) is 13.6 Å². The molecule has 0 heterocycles. The van der Waals surface area contributed by atoms with Gasteiger partial charge in [-0.3, -0.25) is 4.57 Å². The molecule has 1 aliphatic carbocycles. The fourth-order valence-electron chi connectivity index (χ4n) is 3.10. The second kappa shape index (κ2) is 6.39. The molecular weight excluding hydrogens is 307 g/mol. The van der Waals surface area contributed by atoms with E-state index in [1.54, 1.807) is 0 Å². The molecule has 1 saturated carbocycles. The molecule has 2 aromatic carbocycles. The summed E-state index contributed by atoms with van der Waals surface area (Å²) in [7, 11) is -3.07. The summed E-state index contributed by atoms with van der Waals surface area (Å²) in [6, 6.07) is 14.8. The van der Waals surface area contributed by atoms with Gasteiger partial charge in [-0.2, -0.15) is 0 Å². The van der Waals surface area contributed by atoms with Crippen LogP contribution in [0.1, 0.15) is 45.6 Å². The summed E-state index contributed by atoms with van der Waals surface area (Å²) in [6.45, 7) is 7.63. The van der Waals surface area contributed by atoms with Gasteiger partial charge in [-0.1, -0.05) is 42.5 Å². The van der Waals surface area contributed by atoms with Gasteiger partial charge in [0.1, 0.15) is 0 Å². The van der Waals surface area contributed by atoms with Gasteiger partial charge in [0.05, 0.1) is 17.9 Å². The van der Waals surface area contributed by atoms with E-state index in [4.69, 9.17) is 9.05 Å². The molecular formula is C19H25O3P. The molecule has 0 aliphatic heterocycles. The lowest BCUT2D eigenvalue weighted by atomic mass is 10.0. The topological polar surface area (TPSA) is 35.5 Å². The van der Waals surface area contributed by atoms with Crippen molar-refractivity contribution in [2.45, 2.75) is 57.9 Å². The first kappa shape index (κ1) is 16.7. The zero-order valence-corrected chi connectivity index (χ0v) is 15.1. The summed E-state index contributed by atoms with van der Waals surface area (Å²) in [5.41, 5.74) is 1.21. The standard InChI is InChI=1S/C19H25O3P/c1-13(2)21-23(20,22-14(3)4)19-12-18(19)17-10-9-15-7-5-6-8-16(15)11-17/h5-11,13-14,18-19H,12H2,1-4H3/t18-,19+/m0/s1. The minimum atomic E-state index is -3.07. The zero-order chi connectivity index (χ0) is 16.6. The highest BCUT2D eigenvalue weighted by atomic mass is 31.2. The molecule has 3 nitrogen and oxygen atoms in total. The Bertz CT molecular complexity index is 724. The summed E-state index contributed by atoms with van der Waals surface area (Å²) < 4.78 is 24.7. The molecule has 0 N–H and O–H groups in total. The summed E-state index contributed by atoms with van der Waals surface area (Å²) in [6.07, 6.45) is 0.671. The first-order valence-electron chi connectivity index (χ1n) is 8.34. The van der Waals surface area contributed by atoms with Gasteiger partial charge in [0.25, 0.3) is 0 Å². The fraction of sp³-hybridized carbons (Fsp3) is 0.474. The van der Waals surface area contributed by atoms with E-state index in [2.05, 4.69) is 30.3 Å². The smallest absolute Gasteiger partial charge is 0.306 e. The van der Waals surface area contributed by atoms with Crippen molar-refractivity contribution in [1.82, 2.24) is 0 Å². The van der Waals surface area contributed by atoms with E-state index in [1.165, 1.54) is 16.3 Å². The summed E-state index contributed by atoms with van der Waals surface area (Å²) in [5.74, 6) is 0.267. The van der Waals surface area contributed by atoms with Crippen LogP contribution in [0.25, 0.3) is 10.8 Å². The van der Waals surface area contributed by atoms with Crippen LogP contribution in [0.3, 0.4) is 0 Å². The van der Waals surface area contributed by atoms with Crippen LogP contribution < -0.4 is 0 Å². The average molecular weight is 332 g/mol. The van der Waals surface area contributed by atoms with Gasteiger partial charge in [-0.05, 0) is 56.4 Å². The van der Waals surface area contributed by atoms with E-state index >= 15 is 0 Å². The molecule has 0 spiro atoms. The van der Waals surface area contributed by atoms with E-state index in [1.807, 2.05) is 39.8 Å². The Labute approximate surface area is 138 Å². The van der Waals surface area contributed by atoms with Crippen molar-refractivity contribution in [2.24, 2.45) is 0 Å². The third kappa shape index (κ3) is 3.68. The Kier molecular flexibility index (Phi) is 4.64. The second-order valence-electron chi connectivity index (χ2n) is 6.86. The summed E-state index contributed by atoms with van der Waals surface area (Å²) >= 11 is 0. The summed E-state index contributed by atoms with van der Waals surface area (Å²) in [5, 5.41) is 2.45. The van der Waals surface area contributed by atoms with Gasteiger partial charge < -0.3 is 9.05 Å². The lowest BCUT2D eigenvalue weighted by Gasteiger charge is -2.23. The van der Waals surface area contributed by atoms with Crippen molar-refractivity contribution >= 4 is 18.4 Å². The SMILES string of the molecule is CC(C)OP(=O)(OC(C)C)[C@@H]1C[C@H]1c1ccc2ccccc2c1. The van der Waals surface area contributed by atoms with E-state index in [0.29, 0.717) is 0 Å².